The zero-order valence-electron chi connectivity index (χ0n) is 9.51. The van der Waals surface area contributed by atoms with Gasteiger partial charge in [-0.05, 0) is 25.3 Å². The summed E-state index contributed by atoms with van der Waals surface area (Å²) in [5.41, 5.74) is 0.859. The summed E-state index contributed by atoms with van der Waals surface area (Å²) in [5, 5.41) is 10.8. The average molecular weight is 240 g/mol. The predicted octanol–water partition coefficient (Wildman–Crippen LogP) is 1.93. The van der Waals surface area contributed by atoms with Crippen molar-refractivity contribution < 1.29 is 9.90 Å². The Morgan fingerprint density at radius 2 is 2.44 bits per heavy atom. The third kappa shape index (κ3) is 2.80. The molecule has 5 heteroatoms. The molecule has 2 atom stereocenters. The number of hydrogen-bond acceptors (Lipinski definition) is 4. The smallest absolute Gasteiger partial charge is 0.365 e. The van der Waals surface area contributed by atoms with Crippen LogP contribution in [0.2, 0.25) is 0 Å². The van der Waals surface area contributed by atoms with Gasteiger partial charge in [0.1, 0.15) is 0 Å². The van der Waals surface area contributed by atoms with Gasteiger partial charge in [-0.25, -0.2) is 9.78 Å². The van der Waals surface area contributed by atoms with Crippen molar-refractivity contribution in [3.63, 3.8) is 0 Å². The molecule has 0 bridgehead atoms. The number of aromatic nitrogens is 1. The van der Waals surface area contributed by atoms with Crippen LogP contribution in [0, 0.1) is 11.8 Å². The molecule has 1 aromatic heterocycles. The van der Waals surface area contributed by atoms with Crippen molar-refractivity contribution in [1.82, 2.24) is 9.88 Å². The Hall–Kier alpha value is -0.940. The van der Waals surface area contributed by atoms with Crippen molar-refractivity contribution in [1.29, 1.82) is 0 Å². The van der Waals surface area contributed by atoms with Crippen molar-refractivity contribution in [2.45, 2.75) is 19.9 Å². The normalized spacial score (nSPS) is 23.7. The maximum Gasteiger partial charge on any atom is 0.365 e. The van der Waals surface area contributed by atoms with E-state index in [1.165, 1.54) is 17.8 Å². The summed E-state index contributed by atoms with van der Waals surface area (Å²) in [6.45, 7) is 4.10. The van der Waals surface area contributed by atoms with E-state index in [0.29, 0.717) is 0 Å². The molecule has 1 fully saturated rings. The van der Waals surface area contributed by atoms with Gasteiger partial charge in [0.2, 0.25) is 5.01 Å². The lowest BCUT2D eigenvalue weighted by atomic mass is 10.3. The predicted molar refractivity (Wildman–Crippen MR) is 62.7 cm³/mol. The minimum atomic E-state index is -0.935. The molecular weight excluding hydrogens is 224 g/mol. The van der Waals surface area contributed by atoms with Gasteiger partial charge in [-0.15, -0.1) is 11.3 Å². The second kappa shape index (κ2) is 4.51. The van der Waals surface area contributed by atoms with Gasteiger partial charge in [-0.1, -0.05) is 6.92 Å². The number of thiazole rings is 1. The molecule has 2 unspecified atom stereocenters. The lowest BCUT2D eigenvalue weighted by Gasteiger charge is -2.14. The second-order valence-corrected chi connectivity index (χ2v) is 5.48. The molecule has 1 aliphatic rings. The van der Waals surface area contributed by atoms with Gasteiger partial charge in [0.15, 0.2) is 0 Å². The molecule has 0 aromatic carbocycles. The maximum atomic E-state index is 10.7. The fourth-order valence-corrected chi connectivity index (χ4v) is 2.52. The molecule has 2 rings (SSSR count). The monoisotopic (exact) mass is 240 g/mol. The van der Waals surface area contributed by atoms with Crippen LogP contribution in [0.5, 0.6) is 0 Å². The molecule has 16 heavy (non-hydrogen) atoms. The van der Waals surface area contributed by atoms with Crippen molar-refractivity contribution >= 4 is 17.3 Å². The summed E-state index contributed by atoms with van der Waals surface area (Å²) in [7, 11) is 2.06. The Kier molecular flexibility index (Phi) is 3.25. The fraction of sp³-hybridized carbons (Fsp3) is 0.636. The SMILES string of the molecule is CC1CC1CN(C)Cc1csc(C(=O)O)n1. The summed E-state index contributed by atoms with van der Waals surface area (Å²) in [5.74, 6) is 0.741. The van der Waals surface area contributed by atoms with Gasteiger partial charge < -0.3 is 10.0 Å². The first-order valence-corrected chi connectivity index (χ1v) is 6.30. The van der Waals surface area contributed by atoms with Crippen molar-refractivity contribution in [2.24, 2.45) is 11.8 Å². The van der Waals surface area contributed by atoms with E-state index in [4.69, 9.17) is 5.11 Å². The van der Waals surface area contributed by atoms with Gasteiger partial charge in [0, 0.05) is 18.5 Å². The topological polar surface area (TPSA) is 53.4 Å². The quantitative estimate of drug-likeness (QED) is 0.854. The van der Waals surface area contributed by atoms with E-state index in [1.54, 1.807) is 0 Å². The highest BCUT2D eigenvalue weighted by Crippen LogP contribution is 2.38. The zero-order chi connectivity index (χ0) is 11.7. The lowest BCUT2D eigenvalue weighted by molar-refractivity contribution is 0.0696. The van der Waals surface area contributed by atoms with Crippen LogP contribution in [-0.4, -0.2) is 34.6 Å². The van der Waals surface area contributed by atoms with Crippen LogP contribution in [0.15, 0.2) is 5.38 Å². The summed E-state index contributed by atoms with van der Waals surface area (Å²) < 4.78 is 0. The highest BCUT2D eigenvalue weighted by atomic mass is 32.1. The zero-order valence-corrected chi connectivity index (χ0v) is 10.3. The molecule has 0 radical (unpaired) electrons. The first kappa shape index (κ1) is 11.5. The van der Waals surface area contributed by atoms with E-state index in [2.05, 4.69) is 23.9 Å². The number of carboxylic acids is 1. The van der Waals surface area contributed by atoms with Crippen molar-refractivity contribution in [2.75, 3.05) is 13.6 Å². The molecule has 1 heterocycles. The minimum Gasteiger partial charge on any atom is -0.476 e. The number of carbonyl (C=O) groups is 1. The molecule has 0 aliphatic heterocycles. The molecule has 0 saturated heterocycles. The van der Waals surface area contributed by atoms with Crippen LogP contribution in [-0.2, 0) is 6.54 Å². The largest absolute Gasteiger partial charge is 0.476 e. The van der Waals surface area contributed by atoms with E-state index in [9.17, 15) is 4.79 Å². The first-order chi connectivity index (χ1) is 7.56. The Balaban J connectivity index is 1.85. The van der Waals surface area contributed by atoms with Crippen LogP contribution >= 0.6 is 11.3 Å². The number of carboxylic acid groups (broad SMARTS) is 1. The average Bonchev–Trinajstić information content (AvgIpc) is 2.72. The van der Waals surface area contributed by atoms with E-state index in [1.807, 2.05) is 5.38 Å². The maximum absolute atomic E-state index is 10.7. The van der Waals surface area contributed by atoms with Gasteiger partial charge in [-0.3, -0.25) is 0 Å². The Morgan fingerprint density at radius 1 is 1.75 bits per heavy atom. The lowest BCUT2D eigenvalue weighted by Crippen LogP contribution is -2.21. The molecule has 1 aliphatic carbocycles. The minimum absolute atomic E-state index is 0.184. The number of nitrogens with zero attached hydrogens (tertiary/aromatic N) is 2. The molecule has 88 valence electrons. The van der Waals surface area contributed by atoms with Gasteiger partial charge >= 0.3 is 5.97 Å². The molecule has 1 N–H and O–H groups in total. The summed E-state index contributed by atoms with van der Waals surface area (Å²) >= 11 is 1.20. The summed E-state index contributed by atoms with van der Waals surface area (Å²) in [6.07, 6.45) is 1.32. The second-order valence-electron chi connectivity index (χ2n) is 4.62. The van der Waals surface area contributed by atoms with E-state index in [0.717, 1.165) is 30.6 Å². The molecule has 1 aromatic rings. The van der Waals surface area contributed by atoms with Gasteiger partial charge in [0.25, 0.3) is 0 Å². The Morgan fingerprint density at radius 3 is 2.94 bits per heavy atom. The third-order valence-electron chi connectivity index (χ3n) is 2.99. The molecule has 0 spiro atoms. The van der Waals surface area contributed by atoms with Crippen LogP contribution < -0.4 is 0 Å². The Bertz CT molecular complexity index is 391. The van der Waals surface area contributed by atoms with E-state index >= 15 is 0 Å². The number of aromatic carboxylic acids is 1. The van der Waals surface area contributed by atoms with Crippen molar-refractivity contribution in [3.05, 3.63) is 16.1 Å². The van der Waals surface area contributed by atoms with Crippen LogP contribution in [0.4, 0.5) is 0 Å². The first-order valence-electron chi connectivity index (χ1n) is 5.42. The van der Waals surface area contributed by atoms with Crippen LogP contribution in [0.25, 0.3) is 0 Å². The third-order valence-corrected chi connectivity index (χ3v) is 3.87. The van der Waals surface area contributed by atoms with E-state index < -0.39 is 5.97 Å². The molecular formula is C11H16N2O2S. The van der Waals surface area contributed by atoms with Gasteiger partial charge in [-0.2, -0.15) is 0 Å². The number of hydrogen-bond donors (Lipinski definition) is 1. The van der Waals surface area contributed by atoms with Crippen LogP contribution in [0.3, 0.4) is 0 Å². The highest BCUT2D eigenvalue weighted by Gasteiger charge is 2.33. The highest BCUT2D eigenvalue weighted by molar-refractivity contribution is 7.11. The van der Waals surface area contributed by atoms with Gasteiger partial charge in [0.05, 0.1) is 5.69 Å². The van der Waals surface area contributed by atoms with Crippen molar-refractivity contribution in [3.8, 4) is 0 Å². The molecule has 1 saturated carbocycles. The Labute approximate surface area is 98.9 Å². The summed E-state index contributed by atoms with van der Waals surface area (Å²) in [4.78, 5) is 17.0. The molecule has 4 nitrogen and oxygen atoms in total. The van der Waals surface area contributed by atoms with E-state index in [-0.39, 0.29) is 5.01 Å². The standard InChI is InChI=1S/C11H16N2O2S/c1-7-3-8(7)4-13(2)5-9-6-16-10(12-9)11(14)15/h6-8H,3-5H2,1-2H3,(H,14,15). The molecule has 0 amide bonds. The fourth-order valence-electron chi connectivity index (χ4n) is 1.87. The number of rotatable bonds is 5. The summed E-state index contributed by atoms with van der Waals surface area (Å²) in [6, 6.07) is 0. The van der Waals surface area contributed by atoms with Crippen LogP contribution in [0.1, 0.15) is 28.8 Å².